The smallest absolute Gasteiger partial charge is 0.0460 e. The van der Waals surface area contributed by atoms with Crippen LogP contribution in [0.25, 0.3) is 0 Å². The summed E-state index contributed by atoms with van der Waals surface area (Å²) in [5.41, 5.74) is 5.33. The van der Waals surface area contributed by atoms with Crippen LogP contribution in [-0.4, -0.2) is 14.1 Å². The van der Waals surface area contributed by atoms with Gasteiger partial charge in [0.1, 0.15) is 0 Å². The zero-order valence-electron chi connectivity index (χ0n) is 9.83. The lowest BCUT2D eigenvalue weighted by Gasteiger charge is -2.18. The third-order valence-electron chi connectivity index (χ3n) is 2.57. The van der Waals surface area contributed by atoms with E-state index in [1.165, 1.54) is 11.3 Å². The Morgan fingerprint density at radius 1 is 1.40 bits per heavy atom. The summed E-state index contributed by atoms with van der Waals surface area (Å²) >= 11 is 0. The van der Waals surface area contributed by atoms with E-state index in [9.17, 15) is 0 Å². The van der Waals surface area contributed by atoms with Gasteiger partial charge in [-0.25, -0.2) is 0 Å². The van der Waals surface area contributed by atoms with Gasteiger partial charge in [-0.2, -0.15) is 0 Å². The maximum Gasteiger partial charge on any atom is 0.0460 e. The average Bonchev–Trinajstić information content (AvgIpc) is 2.26. The molecule has 15 heavy (non-hydrogen) atoms. The molecule has 0 heterocycles. The largest absolute Gasteiger partial charge is 0.378 e. The summed E-state index contributed by atoms with van der Waals surface area (Å²) in [6.45, 7) is 2.17. The molecule has 0 aliphatic heterocycles. The molecule has 84 valence electrons. The third kappa shape index (κ3) is 3.22. The Bertz CT molecular complexity index is 297. The molecule has 0 amide bonds. The van der Waals surface area contributed by atoms with E-state index in [4.69, 9.17) is 5.84 Å². The van der Waals surface area contributed by atoms with Crippen LogP contribution in [0, 0.1) is 0 Å². The van der Waals surface area contributed by atoms with Crippen LogP contribution in [0.4, 0.5) is 5.69 Å². The van der Waals surface area contributed by atoms with E-state index in [0.29, 0.717) is 0 Å². The molecule has 3 heteroatoms. The molecule has 3 nitrogen and oxygen atoms in total. The van der Waals surface area contributed by atoms with Crippen molar-refractivity contribution in [1.29, 1.82) is 0 Å². The molecule has 3 N–H and O–H groups in total. The standard InChI is InChI=1S/C12H21N3/c1-4-6-12(14-13)10-7-5-8-11(9-10)15(2)3/h5,7-9,12,14H,4,6,13H2,1-3H3. The van der Waals surface area contributed by atoms with Gasteiger partial charge >= 0.3 is 0 Å². The molecule has 0 aromatic heterocycles. The van der Waals surface area contributed by atoms with Crippen LogP contribution in [0.1, 0.15) is 31.4 Å². The second kappa shape index (κ2) is 5.73. The number of nitrogens with two attached hydrogens (primary N) is 1. The number of hydrazine groups is 1. The molecule has 0 radical (unpaired) electrons. The fraction of sp³-hybridized carbons (Fsp3) is 0.500. The number of hydrogen-bond donors (Lipinski definition) is 2. The zero-order valence-corrected chi connectivity index (χ0v) is 9.83. The monoisotopic (exact) mass is 207 g/mol. The summed E-state index contributed by atoms with van der Waals surface area (Å²) in [4.78, 5) is 2.10. The van der Waals surface area contributed by atoms with Gasteiger partial charge in [0.25, 0.3) is 0 Å². The predicted molar refractivity (Wildman–Crippen MR) is 65.7 cm³/mol. The van der Waals surface area contributed by atoms with E-state index in [0.717, 1.165) is 12.8 Å². The molecule has 0 bridgehead atoms. The number of nitrogens with one attached hydrogen (secondary N) is 1. The van der Waals surface area contributed by atoms with Crippen LogP contribution in [0.5, 0.6) is 0 Å². The Morgan fingerprint density at radius 3 is 2.67 bits per heavy atom. The van der Waals surface area contributed by atoms with E-state index >= 15 is 0 Å². The quantitative estimate of drug-likeness (QED) is 0.573. The van der Waals surface area contributed by atoms with Crippen LogP contribution in [-0.2, 0) is 0 Å². The molecule has 1 unspecified atom stereocenters. The highest BCUT2D eigenvalue weighted by atomic mass is 15.2. The van der Waals surface area contributed by atoms with Gasteiger partial charge in [0.15, 0.2) is 0 Å². The summed E-state index contributed by atoms with van der Waals surface area (Å²) in [5, 5.41) is 0. The van der Waals surface area contributed by atoms with Crippen LogP contribution in [0.15, 0.2) is 24.3 Å². The minimum Gasteiger partial charge on any atom is -0.378 e. The molecular formula is C12H21N3. The van der Waals surface area contributed by atoms with Gasteiger partial charge in [0.2, 0.25) is 0 Å². The SMILES string of the molecule is CCCC(NN)c1cccc(N(C)C)c1. The second-order valence-corrected chi connectivity index (χ2v) is 4.00. The third-order valence-corrected chi connectivity index (χ3v) is 2.57. The first-order chi connectivity index (χ1) is 7.19. The number of nitrogens with zero attached hydrogens (tertiary/aromatic N) is 1. The van der Waals surface area contributed by atoms with Gasteiger partial charge in [-0.3, -0.25) is 11.3 Å². The van der Waals surface area contributed by atoms with E-state index in [1.54, 1.807) is 0 Å². The fourth-order valence-corrected chi connectivity index (χ4v) is 1.65. The molecule has 0 saturated heterocycles. The van der Waals surface area contributed by atoms with Crippen LogP contribution in [0.2, 0.25) is 0 Å². The Labute approximate surface area is 92.2 Å². The van der Waals surface area contributed by atoms with E-state index in [-0.39, 0.29) is 6.04 Å². The Hall–Kier alpha value is -1.06. The topological polar surface area (TPSA) is 41.3 Å². The summed E-state index contributed by atoms with van der Waals surface area (Å²) < 4.78 is 0. The van der Waals surface area contributed by atoms with Crippen molar-refractivity contribution in [3.05, 3.63) is 29.8 Å². The number of rotatable bonds is 5. The van der Waals surface area contributed by atoms with Crippen molar-refractivity contribution in [3.8, 4) is 0 Å². The molecule has 0 aliphatic rings. The lowest BCUT2D eigenvalue weighted by atomic mass is 10.0. The second-order valence-electron chi connectivity index (χ2n) is 4.00. The average molecular weight is 207 g/mol. The van der Waals surface area contributed by atoms with Crippen molar-refractivity contribution in [1.82, 2.24) is 5.43 Å². The normalized spacial score (nSPS) is 12.5. The van der Waals surface area contributed by atoms with Crippen LogP contribution < -0.4 is 16.2 Å². The first-order valence-corrected chi connectivity index (χ1v) is 5.42. The predicted octanol–water partition coefficient (Wildman–Crippen LogP) is 2.06. The lowest BCUT2D eigenvalue weighted by molar-refractivity contribution is 0.510. The molecule has 1 atom stereocenters. The molecule has 0 fully saturated rings. The molecule has 0 spiro atoms. The van der Waals surface area contributed by atoms with Crippen molar-refractivity contribution >= 4 is 5.69 Å². The van der Waals surface area contributed by atoms with Crippen molar-refractivity contribution in [2.75, 3.05) is 19.0 Å². The lowest BCUT2D eigenvalue weighted by Crippen LogP contribution is -2.28. The molecule has 1 aromatic rings. The van der Waals surface area contributed by atoms with Crippen molar-refractivity contribution in [2.24, 2.45) is 5.84 Å². The Kier molecular flexibility index (Phi) is 4.59. The van der Waals surface area contributed by atoms with Crippen molar-refractivity contribution in [3.63, 3.8) is 0 Å². The highest BCUT2D eigenvalue weighted by Crippen LogP contribution is 2.21. The molecule has 0 saturated carbocycles. The van der Waals surface area contributed by atoms with Crippen molar-refractivity contribution in [2.45, 2.75) is 25.8 Å². The van der Waals surface area contributed by atoms with Gasteiger partial charge in [-0.15, -0.1) is 0 Å². The van der Waals surface area contributed by atoms with Gasteiger partial charge in [0.05, 0.1) is 0 Å². The maximum absolute atomic E-state index is 5.55. The van der Waals surface area contributed by atoms with Crippen LogP contribution >= 0.6 is 0 Å². The summed E-state index contributed by atoms with van der Waals surface area (Å²) in [6.07, 6.45) is 2.19. The van der Waals surface area contributed by atoms with Gasteiger partial charge in [-0.1, -0.05) is 25.5 Å². The van der Waals surface area contributed by atoms with Gasteiger partial charge < -0.3 is 4.90 Å². The highest BCUT2D eigenvalue weighted by molar-refractivity contribution is 5.47. The minimum absolute atomic E-state index is 0.259. The Balaban J connectivity index is 2.87. The molecule has 0 aliphatic carbocycles. The van der Waals surface area contributed by atoms with Gasteiger partial charge in [0, 0.05) is 25.8 Å². The number of anilines is 1. The minimum atomic E-state index is 0.259. The summed E-state index contributed by atoms with van der Waals surface area (Å²) in [6, 6.07) is 8.73. The summed E-state index contributed by atoms with van der Waals surface area (Å²) in [7, 11) is 4.09. The van der Waals surface area contributed by atoms with E-state index in [1.807, 2.05) is 14.1 Å². The molecular weight excluding hydrogens is 186 g/mol. The van der Waals surface area contributed by atoms with Crippen molar-refractivity contribution < 1.29 is 0 Å². The zero-order chi connectivity index (χ0) is 11.3. The van der Waals surface area contributed by atoms with Gasteiger partial charge in [-0.05, 0) is 24.1 Å². The van der Waals surface area contributed by atoms with Crippen LogP contribution in [0.3, 0.4) is 0 Å². The molecule has 1 aromatic carbocycles. The highest BCUT2D eigenvalue weighted by Gasteiger charge is 2.08. The Morgan fingerprint density at radius 2 is 2.13 bits per heavy atom. The first-order valence-electron chi connectivity index (χ1n) is 5.42. The number of hydrogen-bond acceptors (Lipinski definition) is 3. The molecule has 1 rings (SSSR count). The van der Waals surface area contributed by atoms with E-state index in [2.05, 4.69) is 41.5 Å². The first kappa shape index (κ1) is 12.0. The fourth-order valence-electron chi connectivity index (χ4n) is 1.65. The van der Waals surface area contributed by atoms with E-state index < -0.39 is 0 Å². The summed E-state index contributed by atoms with van der Waals surface area (Å²) in [5.74, 6) is 5.55. The maximum atomic E-state index is 5.55. The number of benzene rings is 1.